The molecule has 0 spiro atoms. The Bertz CT molecular complexity index is 716. The van der Waals surface area contributed by atoms with Crippen molar-refractivity contribution in [3.8, 4) is 0 Å². The molecule has 0 bridgehead atoms. The lowest BCUT2D eigenvalue weighted by molar-refractivity contribution is -0.138. The first kappa shape index (κ1) is 17.6. The van der Waals surface area contributed by atoms with Crippen LogP contribution in [0.15, 0.2) is 42.6 Å². The van der Waals surface area contributed by atoms with Crippen LogP contribution in [0.25, 0.3) is 0 Å². The molecule has 3 N–H and O–H groups in total. The number of hydrogen-bond acceptors (Lipinski definition) is 3. The van der Waals surface area contributed by atoms with Crippen LogP contribution in [-0.4, -0.2) is 17.3 Å². The van der Waals surface area contributed by atoms with E-state index in [9.17, 15) is 26.7 Å². The van der Waals surface area contributed by atoms with Gasteiger partial charge >= 0.3 is 6.18 Å². The number of amides is 1. The van der Waals surface area contributed by atoms with Gasteiger partial charge in [-0.1, -0.05) is 18.2 Å². The van der Waals surface area contributed by atoms with Gasteiger partial charge in [0.15, 0.2) is 0 Å². The Kier molecular flexibility index (Phi) is 5.01. The summed E-state index contributed by atoms with van der Waals surface area (Å²) in [5.41, 5.74) is 3.31. The van der Waals surface area contributed by atoms with Crippen LogP contribution in [-0.2, 0) is 6.18 Å². The second-order valence-corrected chi connectivity index (χ2v) is 4.84. The standard InChI is InChI=1S/C15H12F5N3O/c16-13(17)12(9-3-1-2-4-10(9)15(18,19)20)23-14(24)8-5-6-11(21)22-7-8/h1-7,12-13H,(H2,21,22)(H,23,24). The Morgan fingerprint density at radius 2 is 1.79 bits per heavy atom. The summed E-state index contributed by atoms with van der Waals surface area (Å²) in [5, 5.41) is 1.91. The lowest BCUT2D eigenvalue weighted by atomic mass is 9.99. The molecule has 24 heavy (non-hydrogen) atoms. The van der Waals surface area contributed by atoms with Crippen LogP contribution in [0.5, 0.6) is 0 Å². The number of alkyl halides is 5. The van der Waals surface area contributed by atoms with Gasteiger partial charge in [0.1, 0.15) is 11.9 Å². The molecule has 0 saturated carbocycles. The molecule has 2 aromatic rings. The average Bonchev–Trinajstić information content (AvgIpc) is 2.52. The predicted molar refractivity (Wildman–Crippen MR) is 76.3 cm³/mol. The minimum atomic E-state index is -4.82. The van der Waals surface area contributed by atoms with Crippen molar-refractivity contribution in [1.82, 2.24) is 10.3 Å². The van der Waals surface area contributed by atoms with E-state index in [4.69, 9.17) is 5.73 Å². The zero-order valence-corrected chi connectivity index (χ0v) is 12.0. The Morgan fingerprint density at radius 3 is 2.33 bits per heavy atom. The van der Waals surface area contributed by atoms with E-state index in [2.05, 4.69) is 4.98 Å². The molecule has 0 aliphatic rings. The normalized spacial score (nSPS) is 12.9. The molecule has 1 aromatic heterocycles. The zero-order chi connectivity index (χ0) is 17.9. The van der Waals surface area contributed by atoms with Gasteiger partial charge in [0.2, 0.25) is 0 Å². The fourth-order valence-electron chi connectivity index (χ4n) is 2.07. The lowest BCUT2D eigenvalue weighted by Crippen LogP contribution is -2.34. The monoisotopic (exact) mass is 345 g/mol. The number of nitrogen functional groups attached to an aromatic ring is 1. The third-order valence-corrected chi connectivity index (χ3v) is 3.19. The fraction of sp³-hybridized carbons (Fsp3) is 0.200. The lowest BCUT2D eigenvalue weighted by Gasteiger charge is -2.22. The molecule has 0 aliphatic carbocycles. The molecule has 0 fully saturated rings. The molecule has 128 valence electrons. The predicted octanol–water partition coefficient (Wildman–Crippen LogP) is 3.42. The number of rotatable bonds is 4. The third kappa shape index (κ3) is 3.98. The highest BCUT2D eigenvalue weighted by atomic mass is 19.4. The van der Waals surface area contributed by atoms with Crippen molar-refractivity contribution in [2.24, 2.45) is 0 Å². The summed E-state index contributed by atoms with van der Waals surface area (Å²) in [4.78, 5) is 15.6. The van der Waals surface area contributed by atoms with E-state index in [1.807, 2.05) is 5.32 Å². The van der Waals surface area contributed by atoms with Gasteiger partial charge in [-0.05, 0) is 23.8 Å². The van der Waals surface area contributed by atoms with Crippen molar-refractivity contribution in [3.63, 3.8) is 0 Å². The van der Waals surface area contributed by atoms with Crippen LogP contribution in [0.3, 0.4) is 0 Å². The van der Waals surface area contributed by atoms with Crippen LogP contribution in [0.1, 0.15) is 27.5 Å². The zero-order valence-electron chi connectivity index (χ0n) is 12.0. The Balaban J connectivity index is 2.34. The second kappa shape index (κ2) is 6.81. The number of aromatic nitrogens is 1. The van der Waals surface area contributed by atoms with Crippen LogP contribution in [0, 0.1) is 0 Å². The number of halogens is 5. The maximum absolute atomic E-state index is 13.3. The maximum Gasteiger partial charge on any atom is 0.416 e. The third-order valence-electron chi connectivity index (χ3n) is 3.19. The highest BCUT2D eigenvalue weighted by Gasteiger charge is 2.37. The first-order valence-electron chi connectivity index (χ1n) is 6.67. The molecule has 4 nitrogen and oxygen atoms in total. The second-order valence-electron chi connectivity index (χ2n) is 4.84. The van der Waals surface area contributed by atoms with Crippen molar-refractivity contribution in [3.05, 3.63) is 59.3 Å². The number of carbonyl (C=O) groups is 1. The fourth-order valence-corrected chi connectivity index (χ4v) is 2.07. The van der Waals surface area contributed by atoms with Gasteiger partial charge in [-0.25, -0.2) is 13.8 Å². The van der Waals surface area contributed by atoms with E-state index in [1.54, 1.807) is 0 Å². The topological polar surface area (TPSA) is 68.0 Å². The molecule has 1 aromatic carbocycles. The smallest absolute Gasteiger partial charge is 0.384 e. The first-order valence-corrected chi connectivity index (χ1v) is 6.67. The van der Waals surface area contributed by atoms with E-state index >= 15 is 0 Å². The summed E-state index contributed by atoms with van der Waals surface area (Å²) in [7, 11) is 0. The van der Waals surface area contributed by atoms with E-state index in [-0.39, 0.29) is 11.4 Å². The molecule has 2 rings (SSSR count). The molecule has 1 unspecified atom stereocenters. The molecule has 1 amide bonds. The minimum Gasteiger partial charge on any atom is -0.384 e. The molecule has 0 radical (unpaired) electrons. The quantitative estimate of drug-likeness (QED) is 0.835. The summed E-state index contributed by atoms with van der Waals surface area (Å²) < 4.78 is 65.5. The van der Waals surface area contributed by atoms with Crippen molar-refractivity contribution in [1.29, 1.82) is 0 Å². The first-order chi connectivity index (χ1) is 11.2. The molecule has 0 saturated heterocycles. The molecular formula is C15H12F5N3O. The summed E-state index contributed by atoms with van der Waals surface area (Å²) in [6.45, 7) is 0. The van der Waals surface area contributed by atoms with Crippen LogP contribution in [0.4, 0.5) is 27.8 Å². The number of hydrogen-bond donors (Lipinski definition) is 2. The minimum absolute atomic E-state index is 0.0978. The van der Waals surface area contributed by atoms with Crippen molar-refractivity contribution in [2.45, 2.75) is 18.6 Å². The van der Waals surface area contributed by atoms with Gasteiger partial charge in [0, 0.05) is 6.20 Å². The number of nitrogens with two attached hydrogens (primary N) is 1. The largest absolute Gasteiger partial charge is 0.416 e. The van der Waals surface area contributed by atoms with Crippen LogP contribution < -0.4 is 11.1 Å². The molecule has 0 aliphatic heterocycles. The van der Waals surface area contributed by atoms with Crippen LogP contribution >= 0.6 is 0 Å². The number of benzene rings is 1. The molecular weight excluding hydrogens is 333 g/mol. The number of nitrogens with zero attached hydrogens (tertiary/aromatic N) is 1. The Labute approximate surface area is 133 Å². The Morgan fingerprint density at radius 1 is 1.12 bits per heavy atom. The van der Waals surface area contributed by atoms with E-state index < -0.39 is 35.7 Å². The van der Waals surface area contributed by atoms with Gasteiger partial charge < -0.3 is 11.1 Å². The highest BCUT2D eigenvalue weighted by molar-refractivity contribution is 5.94. The van der Waals surface area contributed by atoms with E-state index in [0.717, 1.165) is 18.3 Å². The molecule has 9 heteroatoms. The summed E-state index contributed by atoms with van der Waals surface area (Å²) >= 11 is 0. The maximum atomic E-state index is 13.3. The highest BCUT2D eigenvalue weighted by Crippen LogP contribution is 2.36. The molecule has 1 heterocycles. The molecule has 1 atom stereocenters. The van der Waals surface area contributed by atoms with Crippen molar-refractivity contribution >= 4 is 11.7 Å². The number of nitrogens with one attached hydrogen (secondary N) is 1. The van der Waals surface area contributed by atoms with Gasteiger partial charge in [-0.3, -0.25) is 4.79 Å². The van der Waals surface area contributed by atoms with Gasteiger partial charge in [-0.2, -0.15) is 13.2 Å². The Hall–Kier alpha value is -2.71. The van der Waals surface area contributed by atoms with E-state index in [0.29, 0.717) is 6.07 Å². The van der Waals surface area contributed by atoms with E-state index in [1.165, 1.54) is 18.2 Å². The van der Waals surface area contributed by atoms with Crippen molar-refractivity contribution in [2.75, 3.05) is 5.73 Å². The summed E-state index contributed by atoms with van der Waals surface area (Å²) in [6, 6.07) is 4.25. The summed E-state index contributed by atoms with van der Waals surface area (Å²) in [6.07, 6.45) is -7.01. The number of pyridine rings is 1. The van der Waals surface area contributed by atoms with Gasteiger partial charge in [0.05, 0.1) is 11.1 Å². The summed E-state index contributed by atoms with van der Waals surface area (Å²) in [5.74, 6) is -0.871. The average molecular weight is 345 g/mol. The van der Waals surface area contributed by atoms with Crippen LogP contribution in [0.2, 0.25) is 0 Å². The van der Waals surface area contributed by atoms with Gasteiger partial charge in [0.25, 0.3) is 12.3 Å². The SMILES string of the molecule is Nc1ccc(C(=O)NC(c2ccccc2C(F)(F)F)C(F)F)cn1. The number of anilines is 1. The van der Waals surface area contributed by atoms with Gasteiger partial charge in [-0.15, -0.1) is 0 Å². The number of carbonyl (C=O) groups excluding carboxylic acids is 1. The van der Waals surface area contributed by atoms with Crippen molar-refractivity contribution < 1.29 is 26.7 Å².